The molecule has 0 spiro atoms. The van der Waals surface area contributed by atoms with Crippen molar-refractivity contribution in [1.82, 2.24) is 5.32 Å². The third kappa shape index (κ3) is 7.23. The molecule has 1 saturated heterocycles. The van der Waals surface area contributed by atoms with E-state index in [2.05, 4.69) is 5.32 Å². The van der Waals surface area contributed by atoms with E-state index in [1.54, 1.807) is 24.3 Å². The summed E-state index contributed by atoms with van der Waals surface area (Å²) in [7, 11) is 0. The van der Waals surface area contributed by atoms with Gasteiger partial charge in [-0.25, -0.2) is 4.79 Å². The molecule has 6 heteroatoms. The van der Waals surface area contributed by atoms with Gasteiger partial charge in [0.05, 0.1) is 5.56 Å². The molecule has 1 heterocycles. The van der Waals surface area contributed by atoms with E-state index in [-0.39, 0.29) is 17.9 Å². The molecule has 0 unspecified atom stereocenters. The van der Waals surface area contributed by atoms with Crippen molar-refractivity contribution in [3.8, 4) is 0 Å². The van der Waals surface area contributed by atoms with Crippen molar-refractivity contribution in [2.24, 2.45) is 5.92 Å². The molecule has 1 aromatic rings. The van der Waals surface area contributed by atoms with Gasteiger partial charge in [-0.2, -0.15) is 0 Å². The smallest absolute Gasteiger partial charge is 0.335 e. The first-order chi connectivity index (χ1) is 12.2. The molecule has 1 aliphatic rings. The summed E-state index contributed by atoms with van der Waals surface area (Å²) in [6.07, 6.45) is 3.62. The Bertz CT molecular complexity index is 555. The monoisotopic (exact) mass is 349 g/mol. The van der Waals surface area contributed by atoms with Crippen molar-refractivity contribution in [1.29, 1.82) is 0 Å². The highest BCUT2D eigenvalue weighted by molar-refractivity contribution is 5.89. The van der Waals surface area contributed by atoms with Crippen molar-refractivity contribution in [3.05, 3.63) is 35.4 Å². The number of carboxylic acids is 1. The molecule has 1 aromatic carbocycles. The highest BCUT2D eigenvalue weighted by Gasteiger charge is 2.13. The van der Waals surface area contributed by atoms with Crippen molar-refractivity contribution >= 4 is 11.9 Å². The zero-order valence-corrected chi connectivity index (χ0v) is 14.5. The van der Waals surface area contributed by atoms with E-state index in [0.29, 0.717) is 31.1 Å². The quantitative estimate of drug-likeness (QED) is 0.633. The molecule has 1 aliphatic heterocycles. The Hall–Kier alpha value is -1.92. The Balaban J connectivity index is 1.54. The Morgan fingerprint density at radius 3 is 2.76 bits per heavy atom. The normalized spacial score (nSPS) is 15.0. The number of rotatable bonds is 10. The largest absolute Gasteiger partial charge is 0.478 e. The number of amides is 1. The summed E-state index contributed by atoms with van der Waals surface area (Å²) in [5, 5.41) is 12.0. The van der Waals surface area contributed by atoms with Gasteiger partial charge in [-0.05, 0) is 43.2 Å². The van der Waals surface area contributed by atoms with E-state index < -0.39 is 5.97 Å². The van der Waals surface area contributed by atoms with Crippen LogP contribution < -0.4 is 5.32 Å². The number of hydrogen-bond donors (Lipinski definition) is 2. The molecular formula is C19H27NO5. The lowest BCUT2D eigenvalue weighted by molar-refractivity contribution is -0.121. The van der Waals surface area contributed by atoms with Crippen LogP contribution in [0, 0.1) is 5.92 Å². The van der Waals surface area contributed by atoms with Crippen molar-refractivity contribution < 1.29 is 24.2 Å². The highest BCUT2D eigenvalue weighted by atomic mass is 16.5. The molecule has 0 atom stereocenters. The van der Waals surface area contributed by atoms with E-state index in [4.69, 9.17) is 14.6 Å². The topological polar surface area (TPSA) is 84.9 Å². The van der Waals surface area contributed by atoms with Gasteiger partial charge in [0.25, 0.3) is 0 Å². The van der Waals surface area contributed by atoms with Gasteiger partial charge in [0, 0.05) is 39.4 Å². The van der Waals surface area contributed by atoms with Crippen LogP contribution in [0.4, 0.5) is 0 Å². The van der Waals surface area contributed by atoms with E-state index in [0.717, 1.165) is 39.1 Å². The number of hydrogen-bond acceptors (Lipinski definition) is 4. The average molecular weight is 349 g/mol. The maximum Gasteiger partial charge on any atom is 0.335 e. The first-order valence-corrected chi connectivity index (χ1v) is 8.90. The summed E-state index contributed by atoms with van der Waals surface area (Å²) in [6.45, 7) is 3.64. The highest BCUT2D eigenvalue weighted by Crippen LogP contribution is 2.14. The van der Waals surface area contributed by atoms with Gasteiger partial charge in [0.15, 0.2) is 0 Å². The van der Waals surface area contributed by atoms with Gasteiger partial charge in [-0.1, -0.05) is 18.2 Å². The average Bonchev–Trinajstić information content (AvgIpc) is 2.64. The summed E-state index contributed by atoms with van der Waals surface area (Å²) in [6, 6.07) is 6.79. The SMILES string of the molecule is O=C(CCc1ccccc1C(=O)O)NCCCOCC1CCOCC1. The summed E-state index contributed by atoms with van der Waals surface area (Å²) < 4.78 is 11.0. The van der Waals surface area contributed by atoms with Gasteiger partial charge in [-0.15, -0.1) is 0 Å². The molecule has 6 nitrogen and oxygen atoms in total. The van der Waals surface area contributed by atoms with Crippen LogP contribution in [0.1, 0.15) is 41.6 Å². The molecule has 0 radical (unpaired) electrons. The number of nitrogens with one attached hydrogen (secondary N) is 1. The Morgan fingerprint density at radius 1 is 1.24 bits per heavy atom. The van der Waals surface area contributed by atoms with Crippen LogP contribution >= 0.6 is 0 Å². The lowest BCUT2D eigenvalue weighted by Crippen LogP contribution is -2.26. The van der Waals surface area contributed by atoms with Crippen molar-refractivity contribution in [3.63, 3.8) is 0 Å². The number of ether oxygens (including phenoxy) is 2. The summed E-state index contributed by atoms with van der Waals surface area (Å²) in [5.41, 5.74) is 0.946. The zero-order chi connectivity index (χ0) is 17.9. The third-order valence-corrected chi connectivity index (χ3v) is 4.35. The summed E-state index contributed by atoms with van der Waals surface area (Å²) >= 11 is 0. The molecule has 2 N–H and O–H groups in total. The predicted octanol–water partition coefficient (Wildman–Crippen LogP) is 2.27. The first kappa shape index (κ1) is 19.4. The zero-order valence-electron chi connectivity index (χ0n) is 14.5. The predicted molar refractivity (Wildman–Crippen MR) is 93.7 cm³/mol. The fraction of sp³-hybridized carbons (Fsp3) is 0.579. The second-order valence-electron chi connectivity index (χ2n) is 6.30. The van der Waals surface area contributed by atoms with E-state index in [1.165, 1.54) is 0 Å². The Morgan fingerprint density at radius 2 is 2.00 bits per heavy atom. The lowest BCUT2D eigenvalue weighted by Gasteiger charge is -2.21. The molecular weight excluding hydrogens is 322 g/mol. The van der Waals surface area contributed by atoms with Gasteiger partial charge in [-0.3, -0.25) is 4.79 Å². The Labute approximate surface area is 148 Å². The van der Waals surface area contributed by atoms with Crippen LogP contribution in [-0.2, 0) is 20.7 Å². The van der Waals surface area contributed by atoms with Crippen LogP contribution in [0.2, 0.25) is 0 Å². The molecule has 138 valence electrons. The molecule has 2 rings (SSSR count). The third-order valence-electron chi connectivity index (χ3n) is 4.35. The molecule has 1 amide bonds. The number of aromatic carboxylic acids is 1. The minimum absolute atomic E-state index is 0.0652. The number of carboxylic acid groups (broad SMARTS) is 1. The lowest BCUT2D eigenvalue weighted by atomic mass is 10.0. The van der Waals surface area contributed by atoms with Gasteiger partial charge >= 0.3 is 5.97 Å². The van der Waals surface area contributed by atoms with Crippen molar-refractivity contribution in [2.45, 2.75) is 32.1 Å². The van der Waals surface area contributed by atoms with E-state index >= 15 is 0 Å². The van der Waals surface area contributed by atoms with Gasteiger partial charge in [0.2, 0.25) is 5.91 Å². The maximum atomic E-state index is 11.9. The van der Waals surface area contributed by atoms with Crippen LogP contribution in [0.5, 0.6) is 0 Å². The van der Waals surface area contributed by atoms with Gasteiger partial charge in [0.1, 0.15) is 0 Å². The van der Waals surface area contributed by atoms with Crippen LogP contribution in [-0.4, -0.2) is 50.0 Å². The number of carbonyl (C=O) groups excluding carboxylic acids is 1. The molecule has 0 aliphatic carbocycles. The summed E-state index contributed by atoms with van der Waals surface area (Å²) in [4.78, 5) is 23.0. The Kier molecular flexibility index (Phi) is 8.42. The second kappa shape index (κ2) is 10.8. The number of aryl methyl sites for hydroxylation is 1. The molecule has 25 heavy (non-hydrogen) atoms. The molecule has 1 fully saturated rings. The fourth-order valence-corrected chi connectivity index (χ4v) is 2.85. The molecule has 0 saturated carbocycles. The summed E-state index contributed by atoms with van der Waals surface area (Å²) in [5.74, 6) is -0.431. The van der Waals surface area contributed by atoms with Crippen LogP contribution in [0.3, 0.4) is 0 Å². The fourth-order valence-electron chi connectivity index (χ4n) is 2.85. The van der Waals surface area contributed by atoms with Crippen molar-refractivity contribution in [2.75, 3.05) is 33.0 Å². The van der Waals surface area contributed by atoms with Crippen LogP contribution in [0.25, 0.3) is 0 Å². The maximum absolute atomic E-state index is 11.9. The molecule has 0 aromatic heterocycles. The minimum atomic E-state index is -0.960. The van der Waals surface area contributed by atoms with E-state index in [9.17, 15) is 9.59 Å². The standard InChI is InChI=1S/C19H27NO5/c21-18(7-6-16-4-1-2-5-17(16)19(22)23)20-10-3-11-25-14-15-8-12-24-13-9-15/h1-2,4-5,15H,3,6-14H2,(H,20,21)(H,22,23). The van der Waals surface area contributed by atoms with Gasteiger partial charge < -0.3 is 19.9 Å². The molecule has 0 bridgehead atoms. The second-order valence-corrected chi connectivity index (χ2v) is 6.30. The van der Waals surface area contributed by atoms with Crippen LogP contribution in [0.15, 0.2) is 24.3 Å². The number of carbonyl (C=O) groups is 2. The minimum Gasteiger partial charge on any atom is -0.478 e. The first-order valence-electron chi connectivity index (χ1n) is 8.90. The van der Waals surface area contributed by atoms with E-state index in [1.807, 2.05) is 0 Å². The number of benzene rings is 1.